The van der Waals surface area contributed by atoms with Crippen LogP contribution in [0.1, 0.15) is 6.92 Å². The van der Waals surface area contributed by atoms with Gasteiger partial charge < -0.3 is 13.6 Å². The molecule has 1 unspecified atom stereocenters. The van der Waals surface area contributed by atoms with E-state index in [2.05, 4.69) is 4.74 Å². The Morgan fingerprint density at radius 3 is 1.92 bits per heavy atom. The molecule has 0 heterocycles. The summed E-state index contributed by atoms with van der Waals surface area (Å²) < 4.78 is 15.0. The maximum Gasteiger partial charge on any atom is 0.348 e. The molecule has 0 aromatic rings. The molecule has 0 aliphatic carbocycles. The highest BCUT2D eigenvalue weighted by molar-refractivity contribution is 6.70. The molecule has 0 aliphatic heterocycles. The quantitative estimate of drug-likeness (QED) is 0.490. The fraction of sp³-hybridized carbons (Fsp3) is 0.857. The highest BCUT2D eigenvalue weighted by atomic mass is 28.4. The Balaban J connectivity index is 4.40. The molecule has 0 saturated carbocycles. The van der Waals surface area contributed by atoms with E-state index in [1.165, 1.54) is 7.11 Å². The summed E-state index contributed by atoms with van der Waals surface area (Å²) in [5.41, 5.74) is -0.308. The van der Waals surface area contributed by atoms with Crippen LogP contribution >= 0.6 is 0 Å². The molecule has 5 heteroatoms. The first-order valence-electron chi connectivity index (χ1n) is 3.70. The summed E-state index contributed by atoms with van der Waals surface area (Å²) in [6.07, 6.45) is 0. The van der Waals surface area contributed by atoms with E-state index in [1.807, 2.05) is 6.55 Å². The minimum atomic E-state index is -2.36. The fourth-order valence-electron chi connectivity index (χ4n) is 0.828. The van der Waals surface area contributed by atoms with Crippen LogP contribution in [0.15, 0.2) is 0 Å². The van der Waals surface area contributed by atoms with E-state index in [1.54, 1.807) is 21.1 Å². The zero-order valence-electron chi connectivity index (χ0n) is 8.21. The molecule has 4 nitrogen and oxygen atoms in total. The maximum atomic E-state index is 11.1. The van der Waals surface area contributed by atoms with Gasteiger partial charge in [0.2, 0.25) is 0 Å². The fourth-order valence-corrected chi connectivity index (χ4v) is 2.25. The Morgan fingerprint density at radius 2 is 1.67 bits per heavy atom. The smallest absolute Gasteiger partial charge is 0.348 e. The van der Waals surface area contributed by atoms with Crippen LogP contribution < -0.4 is 0 Å². The zero-order chi connectivity index (χ0) is 9.78. The van der Waals surface area contributed by atoms with E-state index >= 15 is 0 Å². The third-order valence-electron chi connectivity index (χ3n) is 2.15. The number of esters is 1. The van der Waals surface area contributed by atoms with Crippen molar-refractivity contribution in [2.24, 2.45) is 0 Å². The summed E-state index contributed by atoms with van der Waals surface area (Å²) in [6.45, 7) is 3.58. The van der Waals surface area contributed by atoms with Gasteiger partial charge in [-0.3, -0.25) is 4.79 Å². The number of hydrogen-bond acceptors (Lipinski definition) is 4. The molecule has 0 N–H and O–H groups in total. The highest BCUT2D eigenvalue weighted by Gasteiger charge is 2.41. The van der Waals surface area contributed by atoms with Gasteiger partial charge in [-0.05, 0) is 13.5 Å². The van der Waals surface area contributed by atoms with Gasteiger partial charge in [-0.2, -0.15) is 0 Å². The molecule has 0 saturated heterocycles. The van der Waals surface area contributed by atoms with Crippen molar-refractivity contribution in [3.05, 3.63) is 0 Å². The largest absolute Gasteiger partial charge is 0.469 e. The average molecular weight is 192 g/mol. The lowest BCUT2D eigenvalue weighted by atomic mass is 10.5. The van der Waals surface area contributed by atoms with Crippen molar-refractivity contribution in [1.82, 2.24) is 0 Å². The molecule has 0 spiro atoms. The molecule has 0 aromatic carbocycles. The molecular formula is C7H16O4Si. The van der Waals surface area contributed by atoms with Crippen LogP contribution in [0.3, 0.4) is 0 Å². The van der Waals surface area contributed by atoms with Crippen LogP contribution in [0.2, 0.25) is 12.1 Å². The Hall–Kier alpha value is -0.393. The van der Waals surface area contributed by atoms with Crippen molar-refractivity contribution in [2.75, 3.05) is 21.3 Å². The lowest BCUT2D eigenvalue weighted by Crippen LogP contribution is -2.44. The Bertz CT molecular complexity index is 155. The number of hydrogen-bond donors (Lipinski definition) is 0. The summed E-state index contributed by atoms with van der Waals surface area (Å²) in [5, 5.41) is 0. The molecule has 72 valence electrons. The number of methoxy groups -OCH3 is 1. The summed E-state index contributed by atoms with van der Waals surface area (Å²) >= 11 is 0. The van der Waals surface area contributed by atoms with Crippen LogP contribution in [0.4, 0.5) is 0 Å². The second kappa shape index (κ2) is 4.59. The van der Waals surface area contributed by atoms with Gasteiger partial charge in [-0.1, -0.05) is 0 Å². The molecule has 12 heavy (non-hydrogen) atoms. The lowest BCUT2D eigenvalue weighted by Gasteiger charge is -2.27. The van der Waals surface area contributed by atoms with Gasteiger partial charge in [0, 0.05) is 14.2 Å². The SMILES string of the molecule is COC(=O)C(C)[Si](C)(OC)OC. The van der Waals surface area contributed by atoms with Crippen molar-refractivity contribution >= 4 is 14.5 Å². The van der Waals surface area contributed by atoms with Crippen LogP contribution in [0.5, 0.6) is 0 Å². The van der Waals surface area contributed by atoms with Gasteiger partial charge in [0.1, 0.15) is 0 Å². The Kier molecular flexibility index (Phi) is 4.44. The summed E-state index contributed by atoms with van der Waals surface area (Å²) in [6, 6.07) is 0. The molecule has 0 bridgehead atoms. The van der Waals surface area contributed by atoms with Crippen LogP contribution in [-0.4, -0.2) is 35.9 Å². The van der Waals surface area contributed by atoms with Crippen molar-refractivity contribution in [3.63, 3.8) is 0 Å². The molecule has 1 atom stereocenters. The Morgan fingerprint density at radius 1 is 1.25 bits per heavy atom. The third-order valence-corrected chi connectivity index (χ3v) is 5.58. The number of rotatable bonds is 4. The van der Waals surface area contributed by atoms with E-state index in [0.717, 1.165) is 0 Å². The van der Waals surface area contributed by atoms with Crippen LogP contribution in [0.25, 0.3) is 0 Å². The van der Waals surface area contributed by atoms with E-state index in [0.29, 0.717) is 0 Å². The summed E-state index contributed by atoms with van der Waals surface area (Å²) in [5.74, 6) is -0.284. The van der Waals surface area contributed by atoms with Gasteiger partial charge in [0.05, 0.1) is 12.7 Å². The number of carbonyl (C=O) groups is 1. The monoisotopic (exact) mass is 192 g/mol. The Labute approximate surface area is 74.1 Å². The standard InChI is InChI=1S/C7H16O4Si/c1-6(7(8)9-2)12(5,10-3)11-4/h6H,1-5H3. The first-order chi connectivity index (χ1) is 5.51. The number of ether oxygens (including phenoxy) is 1. The van der Waals surface area contributed by atoms with E-state index in [9.17, 15) is 4.79 Å². The number of carbonyl (C=O) groups excluding carboxylic acids is 1. The van der Waals surface area contributed by atoms with Crippen LogP contribution in [0, 0.1) is 0 Å². The molecule has 0 radical (unpaired) electrons. The minimum Gasteiger partial charge on any atom is -0.469 e. The van der Waals surface area contributed by atoms with Gasteiger partial charge in [-0.15, -0.1) is 0 Å². The maximum absolute atomic E-state index is 11.1. The minimum absolute atomic E-state index is 0.284. The normalized spacial score (nSPS) is 14.1. The van der Waals surface area contributed by atoms with Crippen molar-refractivity contribution in [2.45, 2.75) is 19.0 Å². The second-order valence-electron chi connectivity index (χ2n) is 2.67. The molecule has 0 aliphatic rings. The average Bonchev–Trinajstić information content (AvgIpc) is 2.14. The first kappa shape index (κ1) is 11.6. The van der Waals surface area contributed by atoms with Gasteiger partial charge in [0.15, 0.2) is 0 Å². The van der Waals surface area contributed by atoms with Gasteiger partial charge in [-0.25, -0.2) is 0 Å². The summed E-state index contributed by atoms with van der Waals surface area (Å²) in [4.78, 5) is 11.1. The van der Waals surface area contributed by atoms with Gasteiger partial charge in [0.25, 0.3) is 0 Å². The van der Waals surface area contributed by atoms with Crippen molar-refractivity contribution in [1.29, 1.82) is 0 Å². The molecular weight excluding hydrogens is 176 g/mol. The zero-order valence-corrected chi connectivity index (χ0v) is 9.21. The van der Waals surface area contributed by atoms with Crippen molar-refractivity contribution in [3.8, 4) is 0 Å². The predicted octanol–water partition coefficient (Wildman–Crippen LogP) is 0.914. The predicted molar refractivity (Wildman–Crippen MR) is 47.1 cm³/mol. The van der Waals surface area contributed by atoms with Gasteiger partial charge >= 0.3 is 14.5 Å². The van der Waals surface area contributed by atoms with Crippen LogP contribution in [-0.2, 0) is 18.4 Å². The van der Waals surface area contributed by atoms with E-state index in [4.69, 9.17) is 8.85 Å². The highest BCUT2D eigenvalue weighted by Crippen LogP contribution is 2.23. The third kappa shape index (κ3) is 2.30. The second-order valence-corrected chi connectivity index (χ2v) is 6.38. The molecule has 0 aromatic heterocycles. The lowest BCUT2D eigenvalue weighted by molar-refractivity contribution is -0.140. The topological polar surface area (TPSA) is 44.8 Å². The van der Waals surface area contributed by atoms with E-state index in [-0.39, 0.29) is 11.5 Å². The molecule has 0 rings (SSSR count). The first-order valence-corrected chi connectivity index (χ1v) is 6.09. The summed E-state index contributed by atoms with van der Waals surface area (Å²) in [7, 11) is 2.10. The van der Waals surface area contributed by atoms with E-state index < -0.39 is 8.56 Å². The van der Waals surface area contributed by atoms with Crippen molar-refractivity contribution < 1.29 is 18.4 Å². The molecule has 0 fully saturated rings. The molecule has 0 amide bonds.